The van der Waals surface area contributed by atoms with Crippen LogP contribution in [0.2, 0.25) is 0 Å². The molecule has 23 heavy (non-hydrogen) atoms. The van der Waals surface area contributed by atoms with Crippen molar-refractivity contribution in [3.05, 3.63) is 45.9 Å². The third-order valence-corrected chi connectivity index (χ3v) is 4.34. The Morgan fingerprint density at radius 3 is 2.43 bits per heavy atom. The van der Waals surface area contributed by atoms with Gasteiger partial charge in [-0.2, -0.15) is 0 Å². The molecule has 0 atom stereocenters. The maximum atomic E-state index is 12.8. The molecule has 0 aliphatic heterocycles. The number of hydrogen-bond acceptors (Lipinski definition) is 4. The van der Waals surface area contributed by atoms with Crippen molar-refractivity contribution in [2.75, 3.05) is 11.9 Å². The second-order valence-corrected chi connectivity index (χ2v) is 7.76. The molecule has 0 bridgehead atoms. The number of rotatable bonds is 4. The summed E-state index contributed by atoms with van der Waals surface area (Å²) in [5.41, 5.74) is 0.0647. The first kappa shape index (κ1) is 17.6. The van der Waals surface area contributed by atoms with Crippen molar-refractivity contribution in [3.63, 3.8) is 0 Å². The summed E-state index contributed by atoms with van der Waals surface area (Å²) in [6.45, 7) is 5.68. The number of nitrogens with one attached hydrogen (secondary N) is 1. The first-order chi connectivity index (χ1) is 10.8. The van der Waals surface area contributed by atoms with E-state index in [1.165, 1.54) is 11.3 Å². The van der Waals surface area contributed by atoms with Crippen LogP contribution in [0.15, 0.2) is 40.3 Å². The number of anilines is 1. The highest BCUT2D eigenvalue weighted by atomic mass is 79.9. The summed E-state index contributed by atoms with van der Waals surface area (Å²) >= 11 is 4.69. The third kappa shape index (κ3) is 4.87. The summed E-state index contributed by atoms with van der Waals surface area (Å²) in [5, 5.41) is 5.02. The van der Waals surface area contributed by atoms with Crippen molar-refractivity contribution in [3.8, 4) is 0 Å². The van der Waals surface area contributed by atoms with Crippen molar-refractivity contribution < 1.29 is 9.59 Å². The number of thiazole rings is 1. The SMILES string of the molecule is CC(C)(C)N(CC(=O)Nc1nccs1)C(=O)c1ccc(Br)cc1. The predicted molar refractivity (Wildman–Crippen MR) is 95.7 cm³/mol. The molecule has 0 saturated heterocycles. The van der Waals surface area contributed by atoms with E-state index in [1.807, 2.05) is 32.9 Å². The van der Waals surface area contributed by atoms with E-state index in [-0.39, 0.29) is 18.4 Å². The van der Waals surface area contributed by atoms with Crippen LogP contribution in [0, 0.1) is 0 Å². The number of benzene rings is 1. The molecular formula is C16H18BrN3O2S. The number of carbonyl (C=O) groups is 2. The minimum Gasteiger partial charge on any atom is -0.324 e. The fourth-order valence-electron chi connectivity index (χ4n) is 1.95. The summed E-state index contributed by atoms with van der Waals surface area (Å²) in [6.07, 6.45) is 1.62. The summed E-state index contributed by atoms with van der Waals surface area (Å²) in [5.74, 6) is -0.445. The predicted octanol–water partition coefficient (Wildman–Crippen LogP) is 3.79. The fraction of sp³-hybridized carbons (Fsp3) is 0.312. The highest BCUT2D eigenvalue weighted by molar-refractivity contribution is 9.10. The van der Waals surface area contributed by atoms with Gasteiger partial charge in [0.2, 0.25) is 5.91 Å². The Balaban J connectivity index is 2.15. The van der Waals surface area contributed by atoms with Gasteiger partial charge >= 0.3 is 0 Å². The van der Waals surface area contributed by atoms with Gasteiger partial charge < -0.3 is 10.2 Å². The number of nitrogens with zero attached hydrogens (tertiary/aromatic N) is 2. The van der Waals surface area contributed by atoms with Crippen molar-refractivity contribution in [2.45, 2.75) is 26.3 Å². The van der Waals surface area contributed by atoms with E-state index in [0.29, 0.717) is 10.7 Å². The van der Waals surface area contributed by atoms with Gasteiger partial charge in [-0.15, -0.1) is 11.3 Å². The average molecular weight is 396 g/mol. The lowest BCUT2D eigenvalue weighted by molar-refractivity contribution is -0.117. The van der Waals surface area contributed by atoms with Gasteiger partial charge in [0.05, 0.1) is 0 Å². The zero-order chi connectivity index (χ0) is 17.0. The van der Waals surface area contributed by atoms with Crippen molar-refractivity contribution in [1.29, 1.82) is 0 Å². The minimum absolute atomic E-state index is 0.0298. The van der Waals surface area contributed by atoms with Gasteiger partial charge in [-0.1, -0.05) is 15.9 Å². The zero-order valence-electron chi connectivity index (χ0n) is 13.2. The van der Waals surface area contributed by atoms with Crippen LogP contribution in [0.25, 0.3) is 0 Å². The van der Waals surface area contributed by atoms with Crippen LogP contribution >= 0.6 is 27.3 Å². The van der Waals surface area contributed by atoms with Crippen molar-refractivity contribution in [2.24, 2.45) is 0 Å². The molecule has 0 unspecified atom stereocenters. The lowest BCUT2D eigenvalue weighted by atomic mass is 10.0. The Kier molecular flexibility index (Phi) is 5.54. The van der Waals surface area contributed by atoms with E-state index in [0.717, 1.165) is 4.47 Å². The van der Waals surface area contributed by atoms with E-state index in [1.54, 1.807) is 28.6 Å². The Morgan fingerprint density at radius 2 is 1.91 bits per heavy atom. The zero-order valence-corrected chi connectivity index (χ0v) is 15.6. The van der Waals surface area contributed by atoms with Gasteiger partial charge in [0.25, 0.3) is 5.91 Å². The summed E-state index contributed by atoms with van der Waals surface area (Å²) in [4.78, 5) is 30.5. The maximum absolute atomic E-state index is 12.8. The van der Waals surface area contributed by atoms with E-state index < -0.39 is 5.54 Å². The molecule has 0 aliphatic rings. The fourth-order valence-corrected chi connectivity index (χ4v) is 2.76. The molecule has 1 aromatic heterocycles. The van der Waals surface area contributed by atoms with Crippen LogP contribution in [0.3, 0.4) is 0 Å². The maximum Gasteiger partial charge on any atom is 0.254 e. The Labute approximate surface area is 147 Å². The summed E-state index contributed by atoms with van der Waals surface area (Å²) < 4.78 is 0.901. The summed E-state index contributed by atoms with van der Waals surface area (Å²) in [6, 6.07) is 7.10. The molecule has 0 aliphatic carbocycles. The summed E-state index contributed by atoms with van der Waals surface area (Å²) in [7, 11) is 0. The Hall–Kier alpha value is -1.73. The molecule has 0 saturated carbocycles. The number of amides is 2. The molecule has 2 rings (SSSR count). The molecular weight excluding hydrogens is 378 g/mol. The molecule has 1 heterocycles. The smallest absolute Gasteiger partial charge is 0.254 e. The molecule has 0 spiro atoms. The highest BCUT2D eigenvalue weighted by Crippen LogP contribution is 2.19. The normalized spacial score (nSPS) is 11.1. The van der Waals surface area contributed by atoms with Gasteiger partial charge in [0, 0.05) is 27.2 Å². The van der Waals surface area contributed by atoms with Gasteiger partial charge in [0.1, 0.15) is 6.54 Å². The van der Waals surface area contributed by atoms with E-state index in [4.69, 9.17) is 0 Å². The van der Waals surface area contributed by atoms with Crippen molar-refractivity contribution >= 4 is 44.2 Å². The Bertz CT molecular complexity index is 678. The molecule has 5 nitrogen and oxygen atoms in total. The van der Waals surface area contributed by atoms with E-state index in [9.17, 15) is 9.59 Å². The topological polar surface area (TPSA) is 62.3 Å². The second-order valence-electron chi connectivity index (χ2n) is 5.95. The quantitative estimate of drug-likeness (QED) is 0.856. The molecule has 2 aromatic rings. The van der Waals surface area contributed by atoms with Crippen LogP contribution in [-0.4, -0.2) is 33.8 Å². The first-order valence-electron chi connectivity index (χ1n) is 7.04. The van der Waals surface area contributed by atoms with E-state index in [2.05, 4.69) is 26.2 Å². The number of aromatic nitrogens is 1. The molecule has 7 heteroatoms. The van der Waals surface area contributed by atoms with Crippen LogP contribution < -0.4 is 5.32 Å². The molecule has 122 valence electrons. The molecule has 0 fully saturated rings. The third-order valence-electron chi connectivity index (χ3n) is 3.13. The molecule has 1 N–H and O–H groups in total. The lowest BCUT2D eigenvalue weighted by Gasteiger charge is -2.35. The standard InChI is InChI=1S/C16H18BrN3O2S/c1-16(2,3)20(10-13(21)19-15-18-8-9-23-15)14(22)11-4-6-12(17)7-5-11/h4-9H,10H2,1-3H3,(H,18,19,21). The van der Waals surface area contributed by atoms with Gasteiger partial charge in [-0.05, 0) is 45.0 Å². The average Bonchev–Trinajstić information content (AvgIpc) is 2.96. The van der Waals surface area contributed by atoms with Crippen LogP contribution in [0.1, 0.15) is 31.1 Å². The van der Waals surface area contributed by atoms with E-state index >= 15 is 0 Å². The first-order valence-corrected chi connectivity index (χ1v) is 8.71. The molecule has 2 amide bonds. The number of hydrogen-bond donors (Lipinski definition) is 1. The van der Waals surface area contributed by atoms with Crippen LogP contribution in [0.5, 0.6) is 0 Å². The van der Waals surface area contributed by atoms with Gasteiger partial charge in [-0.25, -0.2) is 4.98 Å². The van der Waals surface area contributed by atoms with Crippen molar-refractivity contribution in [1.82, 2.24) is 9.88 Å². The number of carbonyl (C=O) groups excluding carboxylic acids is 2. The number of halogens is 1. The van der Waals surface area contributed by atoms with Gasteiger partial charge in [-0.3, -0.25) is 9.59 Å². The second kappa shape index (κ2) is 7.23. The van der Waals surface area contributed by atoms with Gasteiger partial charge in [0.15, 0.2) is 5.13 Å². The lowest BCUT2D eigenvalue weighted by Crippen LogP contribution is -2.49. The van der Waals surface area contributed by atoms with Crippen LogP contribution in [0.4, 0.5) is 5.13 Å². The highest BCUT2D eigenvalue weighted by Gasteiger charge is 2.29. The molecule has 1 aromatic carbocycles. The monoisotopic (exact) mass is 395 g/mol. The van der Waals surface area contributed by atoms with Crippen LogP contribution in [-0.2, 0) is 4.79 Å². The molecule has 0 radical (unpaired) electrons. The minimum atomic E-state index is -0.482. The largest absolute Gasteiger partial charge is 0.324 e. The Morgan fingerprint density at radius 1 is 1.26 bits per heavy atom.